The summed E-state index contributed by atoms with van der Waals surface area (Å²) >= 11 is 0. The van der Waals surface area contributed by atoms with Crippen molar-refractivity contribution in [1.29, 1.82) is 0 Å². The number of rotatable bonds is 4. The fourth-order valence-corrected chi connectivity index (χ4v) is 4.79. The van der Waals surface area contributed by atoms with E-state index in [1.54, 1.807) is 0 Å². The van der Waals surface area contributed by atoms with Crippen LogP contribution in [0.5, 0.6) is 0 Å². The van der Waals surface area contributed by atoms with Crippen molar-refractivity contribution in [2.24, 2.45) is 5.92 Å². The van der Waals surface area contributed by atoms with Gasteiger partial charge in [0.15, 0.2) is 0 Å². The van der Waals surface area contributed by atoms with Gasteiger partial charge in [0.25, 0.3) is 0 Å². The molecule has 142 valence electrons. The molecule has 0 unspecified atom stereocenters. The first-order valence-electron chi connectivity index (χ1n) is 10.3. The van der Waals surface area contributed by atoms with Crippen molar-refractivity contribution in [1.82, 2.24) is 4.90 Å². The largest absolute Gasteiger partial charge is 0.370 e. The van der Waals surface area contributed by atoms with Crippen molar-refractivity contribution in [3.8, 4) is 0 Å². The number of likely N-dealkylation sites (tertiary alicyclic amines) is 1. The van der Waals surface area contributed by atoms with Crippen LogP contribution in [0.3, 0.4) is 0 Å². The van der Waals surface area contributed by atoms with E-state index >= 15 is 0 Å². The van der Waals surface area contributed by atoms with Crippen LogP contribution >= 0.6 is 0 Å². The quantitative estimate of drug-likeness (QED) is 0.811. The minimum Gasteiger partial charge on any atom is -0.370 e. The number of carbonyl (C=O) groups excluding carboxylic acids is 1. The highest BCUT2D eigenvalue weighted by Crippen LogP contribution is 2.47. The number of carbonyl (C=O) groups is 1. The van der Waals surface area contributed by atoms with E-state index in [0.29, 0.717) is 5.91 Å². The standard InChI is InChI=1S/C24H30N2O/c1-19(2)23(27)25-16-13-24(14-17-25)18-26(22-11-7-6-10-21(22)24)15-12-20-8-4-3-5-9-20/h3-11,19H,12-18H2,1-2H3. The number of hydrogen-bond acceptors (Lipinski definition) is 2. The molecule has 1 amide bonds. The van der Waals surface area contributed by atoms with E-state index < -0.39 is 0 Å². The molecule has 2 aliphatic heterocycles. The molecule has 2 heterocycles. The fourth-order valence-electron chi connectivity index (χ4n) is 4.79. The van der Waals surface area contributed by atoms with Gasteiger partial charge in [-0.2, -0.15) is 0 Å². The minimum absolute atomic E-state index is 0.0947. The first-order chi connectivity index (χ1) is 13.1. The molecule has 0 aromatic heterocycles. The van der Waals surface area contributed by atoms with Gasteiger partial charge in [0.05, 0.1) is 0 Å². The van der Waals surface area contributed by atoms with Gasteiger partial charge in [-0.25, -0.2) is 0 Å². The highest BCUT2D eigenvalue weighted by molar-refractivity contribution is 5.78. The number of benzene rings is 2. The average Bonchev–Trinajstić information content (AvgIpc) is 3.01. The van der Waals surface area contributed by atoms with Crippen LogP contribution in [-0.2, 0) is 16.6 Å². The van der Waals surface area contributed by atoms with Crippen LogP contribution in [0.4, 0.5) is 5.69 Å². The van der Waals surface area contributed by atoms with Gasteiger partial charge in [0, 0.05) is 43.2 Å². The molecule has 3 nitrogen and oxygen atoms in total. The third kappa shape index (κ3) is 3.47. The van der Waals surface area contributed by atoms with Crippen LogP contribution < -0.4 is 4.90 Å². The van der Waals surface area contributed by atoms with Crippen molar-refractivity contribution >= 4 is 11.6 Å². The number of amides is 1. The van der Waals surface area contributed by atoms with E-state index in [1.165, 1.54) is 16.8 Å². The van der Waals surface area contributed by atoms with Crippen LogP contribution in [0.25, 0.3) is 0 Å². The average molecular weight is 363 g/mol. The molecular weight excluding hydrogens is 332 g/mol. The van der Waals surface area contributed by atoms with E-state index in [4.69, 9.17) is 0 Å². The normalized spacial score (nSPS) is 18.2. The Labute approximate surface area is 163 Å². The molecule has 27 heavy (non-hydrogen) atoms. The van der Waals surface area contributed by atoms with Gasteiger partial charge in [-0.3, -0.25) is 4.79 Å². The van der Waals surface area contributed by atoms with Gasteiger partial charge in [-0.15, -0.1) is 0 Å². The van der Waals surface area contributed by atoms with Crippen molar-refractivity contribution in [3.63, 3.8) is 0 Å². The lowest BCUT2D eigenvalue weighted by Gasteiger charge is -2.40. The predicted octanol–water partition coefficient (Wildman–Crippen LogP) is 4.27. The molecule has 0 atom stereocenters. The Morgan fingerprint density at radius 2 is 1.67 bits per heavy atom. The van der Waals surface area contributed by atoms with E-state index in [-0.39, 0.29) is 11.3 Å². The zero-order valence-corrected chi connectivity index (χ0v) is 16.5. The summed E-state index contributed by atoms with van der Waals surface area (Å²) in [4.78, 5) is 17.0. The molecule has 2 aliphatic rings. The molecule has 0 aliphatic carbocycles. The Kier molecular flexibility index (Phi) is 4.94. The van der Waals surface area contributed by atoms with Gasteiger partial charge in [0.1, 0.15) is 0 Å². The lowest BCUT2D eigenvalue weighted by molar-refractivity contribution is -0.136. The van der Waals surface area contributed by atoms with Crippen molar-refractivity contribution in [2.75, 3.05) is 31.1 Å². The number of piperidine rings is 1. The second-order valence-corrected chi connectivity index (χ2v) is 8.43. The smallest absolute Gasteiger partial charge is 0.225 e. The molecule has 1 spiro atoms. The molecule has 0 bridgehead atoms. The van der Waals surface area contributed by atoms with Crippen LogP contribution in [0.15, 0.2) is 54.6 Å². The minimum atomic E-state index is 0.0947. The van der Waals surface area contributed by atoms with Crippen LogP contribution in [-0.4, -0.2) is 37.0 Å². The van der Waals surface area contributed by atoms with Crippen LogP contribution in [0, 0.1) is 5.92 Å². The summed E-state index contributed by atoms with van der Waals surface area (Å²) in [5, 5.41) is 0. The lowest BCUT2D eigenvalue weighted by atomic mass is 9.74. The molecule has 3 heteroatoms. The maximum absolute atomic E-state index is 12.4. The highest BCUT2D eigenvalue weighted by Gasteiger charge is 2.44. The second kappa shape index (κ2) is 7.38. The van der Waals surface area contributed by atoms with Gasteiger partial charge in [0.2, 0.25) is 5.91 Å². The number of anilines is 1. The summed E-state index contributed by atoms with van der Waals surface area (Å²) in [5.74, 6) is 0.398. The van der Waals surface area contributed by atoms with Gasteiger partial charge < -0.3 is 9.80 Å². The molecular formula is C24H30N2O. The Hall–Kier alpha value is -2.29. The summed E-state index contributed by atoms with van der Waals surface area (Å²) in [5.41, 5.74) is 4.50. The molecule has 0 saturated carbocycles. The number of nitrogens with zero attached hydrogens (tertiary/aromatic N) is 2. The Morgan fingerprint density at radius 3 is 2.37 bits per heavy atom. The maximum atomic E-state index is 12.4. The third-order valence-corrected chi connectivity index (χ3v) is 6.35. The molecule has 2 aromatic carbocycles. The number of hydrogen-bond donors (Lipinski definition) is 0. The molecule has 1 saturated heterocycles. The van der Waals surface area contributed by atoms with Gasteiger partial charge in [-0.05, 0) is 36.5 Å². The number of fused-ring (bicyclic) bond motifs is 2. The fraction of sp³-hybridized carbons (Fsp3) is 0.458. The molecule has 0 radical (unpaired) electrons. The predicted molar refractivity (Wildman–Crippen MR) is 111 cm³/mol. The maximum Gasteiger partial charge on any atom is 0.225 e. The van der Waals surface area contributed by atoms with Crippen LogP contribution in [0.2, 0.25) is 0 Å². The Balaban J connectivity index is 1.50. The summed E-state index contributed by atoms with van der Waals surface area (Å²) in [6, 6.07) is 19.7. The summed E-state index contributed by atoms with van der Waals surface area (Å²) < 4.78 is 0. The van der Waals surface area contributed by atoms with Gasteiger partial charge in [-0.1, -0.05) is 62.4 Å². The Morgan fingerprint density at radius 1 is 1.00 bits per heavy atom. The van der Waals surface area contributed by atoms with E-state index in [1.807, 2.05) is 13.8 Å². The summed E-state index contributed by atoms with van der Waals surface area (Å²) in [6.07, 6.45) is 3.22. The zero-order chi connectivity index (χ0) is 18.9. The van der Waals surface area contributed by atoms with Crippen molar-refractivity contribution < 1.29 is 4.79 Å². The number of para-hydroxylation sites is 1. The van der Waals surface area contributed by atoms with Gasteiger partial charge >= 0.3 is 0 Å². The SMILES string of the molecule is CC(C)C(=O)N1CCC2(CC1)CN(CCc1ccccc1)c1ccccc12. The monoisotopic (exact) mass is 362 g/mol. The van der Waals surface area contributed by atoms with E-state index in [0.717, 1.165) is 45.4 Å². The first-order valence-corrected chi connectivity index (χ1v) is 10.3. The molecule has 0 N–H and O–H groups in total. The lowest BCUT2D eigenvalue weighted by Crippen LogP contribution is -2.48. The first kappa shape index (κ1) is 18.1. The van der Waals surface area contributed by atoms with E-state index in [9.17, 15) is 4.79 Å². The van der Waals surface area contributed by atoms with Crippen molar-refractivity contribution in [3.05, 3.63) is 65.7 Å². The summed E-state index contributed by atoms with van der Waals surface area (Å²) in [6.45, 7) is 7.92. The van der Waals surface area contributed by atoms with Crippen LogP contribution in [0.1, 0.15) is 37.8 Å². The second-order valence-electron chi connectivity index (χ2n) is 8.43. The summed E-state index contributed by atoms with van der Waals surface area (Å²) in [7, 11) is 0. The third-order valence-electron chi connectivity index (χ3n) is 6.35. The highest BCUT2D eigenvalue weighted by atomic mass is 16.2. The molecule has 1 fully saturated rings. The molecule has 4 rings (SSSR count). The van der Waals surface area contributed by atoms with Crippen molar-refractivity contribution in [2.45, 2.75) is 38.5 Å². The zero-order valence-electron chi connectivity index (χ0n) is 16.5. The van der Waals surface area contributed by atoms with E-state index in [2.05, 4.69) is 64.4 Å². The topological polar surface area (TPSA) is 23.6 Å². The Bertz CT molecular complexity index is 791. The molecule has 2 aromatic rings.